The summed E-state index contributed by atoms with van der Waals surface area (Å²) >= 11 is 0. The van der Waals surface area contributed by atoms with Gasteiger partial charge in [-0.25, -0.2) is 9.97 Å². The summed E-state index contributed by atoms with van der Waals surface area (Å²) < 4.78 is 10.5. The van der Waals surface area contributed by atoms with Crippen molar-refractivity contribution < 1.29 is 9.15 Å². The number of aromatic nitrogens is 2. The highest BCUT2D eigenvalue weighted by molar-refractivity contribution is 5.77. The van der Waals surface area contributed by atoms with E-state index in [1.807, 2.05) is 37.3 Å². The molecule has 20 heavy (non-hydrogen) atoms. The third-order valence-corrected chi connectivity index (χ3v) is 3.00. The van der Waals surface area contributed by atoms with Gasteiger partial charge in [0.15, 0.2) is 11.5 Å². The maximum atomic E-state index is 5.45. The first-order chi connectivity index (χ1) is 9.74. The number of oxazole rings is 1. The van der Waals surface area contributed by atoms with Crippen molar-refractivity contribution in [3.05, 3.63) is 48.0 Å². The van der Waals surface area contributed by atoms with Gasteiger partial charge in [-0.05, 0) is 23.8 Å². The summed E-state index contributed by atoms with van der Waals surface area (Å²) in [5.74, 6) is 1.30. The van der Waals surface area contributed by atoms with E-state index in [-0.39, 0.29) is 0 Å². The zero-order chi connectivity index (χ0) is 13.9. The molecule has 0 fully saturated rings. The molecule has 0 radical (unpaired) electrons. The predicted molar refractivity (Wildman–Crippen MR) is 76.9 cm³/mol. The van der Waals surface area contributed by atoms with Crippen molar-refractivity contribution in [2.24, 2.45) is 0 Å². The molecule has 0 saturated carbocycles. The zero-order valence-electron chi connectivity index (χ0n) is 11.4. The van der Waals surface area contributed by atoms with Gasteiger partial charge in [0.2, 0.25) is 5.88 Å². The van der Waals surface area contributed by atoms with Gasteiger partial charge < -0.3 is 14.5 Å². The first kappa shape index (κ1) is 12.5. The van der Waals surface area contributed by atoms with Crippen LogP contribution < -0.4 is 10.1 Å². The van der Waals surface area contributed by atoms with Crippen LogP contribution in [0.2, 0.25) is 0 Å². The molecule has 0 aliphatic heterocycles. The highest BCUT2D eigenvalue weighted by atomic mass is 16.5. The van der Waals surface area contributed by atoms with Crippen molar-refractivity contribution in [3.63, 3.8) is 0 Å². The molecule has 3 rings (SSSR count). The number of benzene rings is 1. The van der Waals surface area contributed by atoms with Crippen LogP contribution in [0, 0.1) is 6.92 Å². The van der Waals surface area contributed by atoms with Gasteiger partial charge in [-0.1, -0.05) is 6.07 Å². The quantitative estimate of drug-likeness (QED) is 0.788. The van der Waals surface area contributed by atoms with Crippen LogP contribution >= 0.6 is 0 Å². The second-order valence-corrected chi connectivity index (χ2v) is 4.48. The van der Waals surface area contributed by atoms with Gasteiger partial charge in [-0.15, -0.1) is 0 Å². The van der Waals surface area contributed by atoms with Crippen LogP contribution in [0.3, 0.4) is 0 Å². The molecular weight excluding hydrogens is 254 g/mol. The first-order valence-corrected chi connectivity index (χ1v) is 6.34. The minimum atomic E-state index is 0.619. The number of hydrogen-bond donors (Lipinski definition) is 1. The molecule has 1 aromatic carbocycles. The van der Waals surface area contributed by atoms with Crippen molar-refractivity contribution >= 4 is 16.8 Å². The molecule has 0 bridgehead atoms. The molecule has 0 aliphatic rings. The van der Waals surface area contributed by atoms with Gasteiger partial charge in [0, 0.05) is 31.4 Å². The van der Waals surface area contributed by atoms with Gasteiger partial charge in [0.1, 0.15) is 5.52 Å². The summed E-state index contributed by atoms with van der Waals surface area (Å²) in [5.41, 5.74) is 3.75. The van der Waals surface area contributed by atoms with Crippen LogP contribution in [-0.2, 0) is 6.54 Å². The minimum absolute atomic E-state index is 0.619. The molecule has 2 aromatic heterocycles. The molecular formula is C15H15N3O2. The summed E-state index contributed by atoms with van der Waals surface area (Å²) in [6, 6.07) is 9.70. The lowest BCUT2D eigenvalue weighted by Gasteiger charge is -2.06. The Morgan fingerprint density at radius 2 is 2.15 bits per heavy atom. The van der Waals surface area contributed by atoms with E-state index < -0.39 is 0 Å². The molecule has 0 unspecified atom stereocenters. The summed E-state index contributed by atoms with van der Waals surface area (Å²) in [6.45, 7) is 2.54. The number of methoxy groups -OCH3 is 1. The molecule has 0 spiro atoms. The van der Waals surface area contributed by atoms with Crippen LogP contribution in [0.1, 0.15) is 11.5 Å². The van der Waals surface area contributed by atoms with E-state index in [4.69, 9.17) is 9.15 Å². The number of pyridine rings is 1. The van der Waals surface area contributed by atoms with E-state index in [1.54, 1.807) is 13.3 Å². The second-order valence-electron chi connectivity index (χ2n) is 4.48. The van der Waals surface area contributed by atoms with Gasteiger partial charge >= 0.3 is 0 Å². The third kappa shape index (κ3) is 2.56. The van der Waals surface area contributed by atoms with Crippen LogP contribution in [0.5, 0.6) is 5.88 Å². The summed E-state index contributed by atoms with van der Waals surface area (Å²) in [5, 5.41) is 3.34. The minimum Gasteiger partial charge on any atom is -0.481 e. The average molecular weight is 269 g/mol. The fourth-order valence-corrected chi connectivity index (χ4v) is 1.99. The maximum Gasteiger partial charge on any atom is 0.212 e. The van der Waals surface area contributed by atoms with E-state index >= 15 is 0 Å². The van der Waals surface area contributed by atoms with E-state index in [0.29, 0.717) is 18.3 Å². The number of aryl methyl sites for hydroxylation is 1. The molecule has 2 heterocycles. The number of hydrogen-bond acceptors (Lipinski definition) is 5. The highest BCUT2D eigenvalue weighted by Crippen LogP contribution is 2.20. The Hall–Kier alpha value is -2.56. The Kier molecular flexibility index (Phi) is 3.25. The maximum absolute atomic E-state index is 5.45. The average Bonchev–Trinajstić information content (AvgIpc) is 2.85. The molecule has 0 atom stereocenters. The number of rotatable bonds is 4. The molecule has 102 valence electrons. The van der Waals surface area contributed by atoms with Gasteiger partial charge in [-0.2, -0.15) is 0 Å². The second kappa shape index (κ2) is 5.21. The Bertz CT molecular complexity index is 720. The lowest BCUT2D eigenvalue weighted by Crippen LogP contribution is -2.00. The first-order valence-electron chi connectivity index (χ1n) is 6.34. The Labute approximate surface area is 116 Å². The number of ether oxygens (including phenoxy) is 1. The van der Waals surface area contributed by atoms with Crippen LogP contribution in [-0.4, -0.2) is 17.1 Å². The smallest absolute Gasteiger partial charge is 0.212 e. The standard InChI is InChI=1S/C15H15N3O2/c1-10-18-13-7-12(4-5-14(13)20-10)16-8-11-3-6-15(19-2)17-9-11/h3-7,9,16H,8H2,1-2H3. The zero-order valence-corrected chi connectivity index (χ0v) is 11.4. The number of nitrogens with zero attached hydrogens (tertiary/aromatic N) is 2. The number of nitrogens with one attached hydrogen (secondary N) is 1. The molecule has 0 aliphatic carbocycles. The number of fused-ring (bicyclic) bond motifs is 1. The van der Waals surface area contributed by atoms with Gasteiger partial charge in [0.05, 0.1) is 7.11 Å². The van der Waals surface area contributed by atoms with Crippen molar-refractivity contribution in [1.82, 2.24) is 9.97 Å². The van der Waals surface area contributed by atoms with Crippen LogP contribution in [0.15, 0.2) is 40.9 Å². The van der Waals surface area contributed by atoms with Crippen molar-refractivity contribution in [3.8, 4) is 5.88 Å². The largest absolute Gasteiger partial charge is 0.481 e. The van der Waals surface area contributed by atoms with E-state index in [9.17, 15) is 0 Å². The topological polar surface area (TPSA) is 60.2 Å². The van der Waals surface area contributed by atoms with Gasteiger partial charge in [0.25, 0.3) is 0 Å². The number of anilines is 1. The fourth-order valence-electron chi connectivity index (χ4n) is 1.99. The van der Waals surface area contributed by atoms with Crippen molar-refractivity contribution in [1.29, 1.82) is 0 Å². The Morgan fingerprint density at radius 1 is 1.25 bits per heavy atom. The summed E-state index contributed by atoms with van der Waals surface area (Å²) in [4.78, 5) is 8.49. The van der Waals surface area contributed by atoms with Crippen LogP contribution in [0.4, 0.5) is 5.69 Å². The van der Waals surface area contributed by atoms with Gasteiger partial charge in [-0.3, -0.25) is 0 Å². The molecule has 3 aromatic rings. The monoisotopic (exact) mass is 269 g/mol. The van der Waals surface area contributed by atoms with E-state index in [2.05, 4.69) is 15.3 Å². The normalized spacial score (nSPS) is 10.7. The Morgan fingerprint density at radius 3 is 2.90 bits per heavy atom. The fraction of sp³-hybridized carbons (Fsp3) is 0.200. The highest BCUT2D eigenvalue weighted by Gasteiger charge is 2.03. The SMILES string of the molecule is COc1ccc(CNc2ccc3oc(C)nc3c2)cn1. The molecule has 5 heteroatoms. The van der Waals surface area contributed by atoms with E-state index in [1.165, 1.54) is 0 Å². The molecule has 5 nitrogen and oxygen atoms in total. The summed E-state index contributed by atoms with van der Waals surface area (Å²) in [7, 11) is 1.61. The van der Waals surface area contributed by atoms with Crippen molar-refractivity contribution in [2.45, 2.75) is 13.5 Å². The lowest BCUT2D eigenvalue weighted by atomic mass is 10.2. The summed E-state index contributed by atoms with van der Waals surface area (Å²) in [6.07, 6.45) is 1.80. The molecule has 1 N–H and O–H groups in total. The Balaban J connectivity index is 1.72. The predicted octanol–water partition coefficient (Wildman–Crippen LogP) is 3.15. The van der Waals surface area contributed by atoms with Crippen molar-refractivity contribution in [2.75, 3.05) is 12.4 Å². The molecule has 0 saturated heterocycles. The molecule has 0 amide bonds. The van der Waals surface area contributed by atoms with Crippen LogP contribution in [0.25, 0.3) is 11.1 Å². The third-order valence-electron chi connectivity index (χ3n) is 3.00. The lowest BCUT2D eigenvalue weighted by molar-refractivity contribution is 0.397. The van der Waals surface area contributed by atoms with E-state index in [0.717, 1.165) is 22.4 Å².